The zero-order valence-corrected chi connectivity index (χ0v) is 17.9. The Kier molecular flexibility index (Phi) is 5.09. The molecular formula is C21H18N4OS3. The molecule has 5 rings (SSSR count). The molecule has 0 saturated carbocycles. The second kappa shape index (κ2) is 7.87. The summed E-state index contributed by atoms with van der Waals surface area (Å²) in [4.78, 5) is 20.7. The van der Waals surface area contributed by atoms with Crippen molar-refractivity contribution in [1.82, 2.24) is 15.6 Å². The van der Waals surface area contributed by atoms with Gasteiger partial charge in [-0.15, -0.1) is 11.3 Å². The van der Waals surface area contributed by atoms with Crippen LogP contribution in [0.25, 0.3) is 28.1 Å². The van der Waals surface area contributed by atoms with E-state index in [-0.39, 0.29) is 5.91 Å². The van der Waals surface area contributed by atoms with Crippen molar-refractivity contribution in [3.05, 3.63) is 51.6 Å². The Labute approximate surface area is 182 Å². The highest BCUT2D eigenvalue weighted by atomic mass is 32.2. The number of anilines is 1. The third kappa shape index (κ3) is 3.93. The Morgan fingerprint density at radius 3 is 2.76 bits per heavy atom. The maximum atomic E-state index is 11.9. The highest BCUT2D eigenvalue weighted by Gasteiger charge is 2.22. The molecule has 3 aromatic rings. The molecule has 1 amide bonds. The first-order valence-corrected chi connectivity index (χ1v) is 11.5. The smallest absolute Gasteiger partial charge is 0.263 e. The first-order valence-electron chi connectivity index (χ1n) is 9.36. The number of nitrogens with one attached hydrogen (secondary N) is 2. The van der Waals surface area contributed by atoms with Crippen LogP contribution in [0.15, 0.2) is 46.7 Å². The molecule has 0 unspecified atom stereocenters. The predicted octanol–water partition coefficient (Wildman–Crippen LogP) is 3.86. The summed E-state index contributed by atoms with van der Waals surface area (Å²) in [7, 11) is 0. The Hall–Kier alpha value is -2.26. The molecule has 8 heteroatoms. The van der Waals surface area contributed by atoms with Crippen molar-refractivity contribution in [2.45, 2.75) is 0 Å². The number of thioether (sulfide) groups is 1. The molecule has 2 fully saturated rings. The standard InChI is InChI=1S/C21H18N4OS3/c26-20-18(29-21(27)24-20)11-16-10-15(12-28-16)13-1-3-17-14(9-13)2-4-19(23-17)25-7-5-22-6-8-25/h1-4,9-12,22H,5-8H2,(H,24,26,27). The van der Waals surface area contributed by atoms with Gasteiger partial charge in [-0.25, -0.2) is 4.98 Å². The van der Waals surface area contributed by atoms with Crippen molar-refractivity contribution in [1.29, 1.82) is 0 Å². The van der Waals surface area contributed by atoms with E-state index in [9.17, 15) is 4.79 Å². The number of piperazine rings is 1. The van der Waals surface area contributed by atoms with Gasteiger partial charge in [-0.05, 0) is 52.9 Å². The average Bonchev–Trinajstić information content (AvgIpc) is 3.34. The van der Waals surface area contributed by atoms with Gasteiger partial charge in [0.15, 0.2) is 0 Å². The first-order chi connectivity index (χ1) is 14.2. The molecule has 146 valence electrons. The predicted molar refractivity (Wildman–Crippen MR) is 126 cm³/mol. The summed E-state index contributed by atoms with van der Waals surface area (Å²) < 4.78 is 0.514. The van der Waals surface area contributed by atoms with Crippen molar-refractivity contribution in [2.75, 3.05) is 31.1 Å². The van der Waals surface area contributed by atoms with E-state index in [0.29, 0.717) is 9.23 Å². The number of fused-ring (bicyclic) bond motifs is 1. The fourth-order valence-electron chi connectivity index (χ4n) is 3.49. The summed E-state index contributed by atoms with van der Waals surface area (Å²) in [5.41, 5.74) is 3.30. The Morgan fingerprint density at radius 2 is 1.97 bits per heavy atom. The van der Waals surface area contributed by atoms with E-state index >= 15 is 0 Å². The average molecular weight is 439 g/mol. The van der Waals surface area contributed by atoms with E-state index in [4.69, 9.17) is 17.2 Å². The molecule has 0 spiro atoms. The van der Waals surface area contributed by atoms with Crippen LogP contribution in [0, 0.1) is 0 Å². The fraction of sp³-hybridized carbons (Fsp3) is 0.190. The number of pyridine rings is 1. The van der Waals surface area contributed by atoms with E-state index < -0.39 is 0 Å². The monoisotopic (exact) mass is 438 g/mol. The molecule has 2 saturated heterocycles. The number of carbonyl (C=O) groups excluding carboxylic acids is 1. The number of amides is 1. The van der Waals surface area contributed by atoms with Crippen molar-refractivity contribution in [3.63, 3.8) is 0 Å². The molecule has 0 aliphatic carbocycles. The molecule has 0 atom stereocenters. The molecule has 0 radical (unpaired) electrons. The molecule has 2 N–H and O–H groups in total. The number of hydrogen-bond donors (Lipinski definition) is 2. The van der Waals surface area contributed by atoms with E-state index in [1.165, 1.54) is 11.8 Å². The van der Waals surface area contributed by atoms with Gasteiger partial charge in [-0.3, -0.25) is 4.79 Å². The summed E-state index contributed by atoms with van der Waals surface area (Å²) in [6, 6.07) is 12.7. The molecule has 4 heterocycles. The molecule has 2 aliphatic rings. The van der Waals surface area contributed by atoms with Crippen LogP contribution in [0.1, 0.15) is 4.88 Å². The van der Waals surface area contributed by atoms with Gasteiger partial charge in [0.25, 0.3) is 5.91 Å². The van der Waals surface area contributed by atoms with E-state index in [1.54, 1.807) is 11.3 Å². The highest BCUT2D eigenvalue weighted by molar-refractivity contribution is 8.26. The second-order valence-electron chi connectivity index (χ2n) is 6.90. The topological polar surface area (TPSA) is 57.3 Å². The molecule has 29 heavy (non-hydrogen) atoms. The number of benzene rings is 1. The molecule has 2 aromatic heterocycles. The number of aromatic nitrogens is 1. The fourth-order valence-corrected chi connectivity index (χ4v) is 5.45. The maximum Gasteiger partial charge on any atom is 0.263 e. The Morgan fingerprint density at radius 1 is 1.10 bits per heavy atom. The summed E-state index contributed by atoms with van der Waals surface area (Å²) in [5, 5.41) is 9.27. The number of thiophene rings is 1. The normalized spacial score (nSPS) is 18.6. The van der Waals surface area contributed by atoms with Gasteiger partial charge in [-0.1, -0.05) is 30.0 Å². The van der Waals surface area contributed by atoms with E-state index in [2.05, 4.69) is 57.3 Å². The lowest BCUT2D eigenvalue weighted by molar-refractivity contribution is -0.115. The van der Waals surface area contributed by atoms with E-state index in [1.807, 2.05) is 6.08 Å². The Balaban J connectivity index is 1.41. The molecular weight excluding hydrogens is 420 g/mol. The zero-order valence-electron chi connectivity index (χ0n) is 15.5. The largest absolute Gasteiger partial charge is 0.354 e. The number of carbonyl (C=O) groups is 1. The minimum absolute atomic E-state index is 0.118. The van der Waals surface area contributed by atoms with Crippen LogP contribution in [0.3, 0.4) is 0 Å². The lowest BCUT2D eigenvalue weighted by Crippen LogP contribution is -2.43. The maximum absolute atomic E-state index is 11.9. The van der Waals surface area contributed by atoms with Gasteiger partial charge >= 0.3 is 0 Å². The van der Waals surface area contributed by atoms with Gasteiger partial charge in [-0.2, -0.15) is 0 Å². The van der Waals surface area contributed by atoms with E-state index in [0.717, 1.165) is 58.9 Å². The number of rotatable bonds is 3. The quantitative estimate of drug-likeness (QED) is 0.478. The van der Waals surface area contributed by atoms with Gasteiger partial charge in [0.1, 0.15) is 10.1 Å². The van der Waals surface area contributed by atoms with Gasteiger partial charge < -0.3 is 15.5 Å². The van der Waals surface area contributed by atoms with Crippen LogP contribution >= 0.6 is 35.3 Å². The van der Waals surface area contributed by atoms with Crippen LogP contribution in [0.5, 0.6) is 0 Å². The number of nitrogens with zero attached hydrogens (tertiary/aromatic N) is 2. The summed E-state index contributed by atoms with van der Waals surface area (Å²) in [6.07, 6.45) is 1.90. The summed E-state index contributed by atoms with van der Waals surface area (Å²) in [6.45, 7) is 3.98. The van der Waals surface area contributed by atoms with Crippen LogP contribution in [-0.2, 0) is 4.79 Å². The third-order valence-corrected chi connectivity index (χ3v) is 7.03. The van der Waals surface area contributed by atoms with Crippen LogP contribution < -0.4 is 15.5 Å². The lowest BCUT2D eigenvalue weighted by atomic mass is 10.1. The first kappa shape index (κ1) is 18.7. The molecule has 1 aromatic carbocycles. The molecule has 5 nitrogen and oxygen atoms in total. The van der Waals surface area contributed by atoms with Crippen LogP contribution in [0.4, 0.5) is 5.82 Å². The van der Waals surface area contributed by atoms with Crippen molar-refractivity contribution in [2.24, 2.45) is 0 Å². The minimum Gasteiger partial charge on any atom is -0.354 e. The summed E-state index contributed by atoms with van der Waals surface area (Å²) in [5.74, 6) is 0.925. The van der Waals surface area contributed by atoms with Gasteiger partial charge in [0.2, 0.25) is 0 Å². The molecule has 0 bridgehead atoms. The minimum atomic E-state index is -0.118. The van der Waals surface area contributed by atoms with Crippen molar-refractivity contribution < 1.29 is 4.79 Å². The lowest BCUT2D eigenvalue weighted by Gasteiger charge is -2.28. The second-order valence-corrected chi connectivity index (χ2v) is 9.57. The summed E-state index contributed by atoms with van der Waals surface area (Å²) >= 11 is 7.98. The van der Waals surface area contributed by atoms with Crippen molar-refractivity contribution in [3.8, 4) is 11.1 Å². The zero-order chi connectivity index (χ0) is 19.8. The van der Waals surface area contributed by atoms with Gasteiger partial charge in [0.05, 0.1) is 10.4 Å². The SMILES string of the molecule is O=C1NC(=S)SC1=Cc1cc(-c2ccc3nc(N4CCNCC4)ccc3c2)cs1. The van der Waals surface area contributed by atoms with Crippen LogP contribution in [0.2, 0.25) is 0 Å². The third-order valence-electron chi connectivity index (χ3n) is 4.98. The van der Waals surface area contributed by atoms with Crippen LogP contribution in [-0.4, -0.2) is 41.4 Å². The van der Waals surface area contributed by atoms with Gasteiger partial charge in [0, 0.05) is 36.4 Å². The number of thiocarbonyl (C=S) groups is 1. The highest BCUT2D eigenvalue weighted by Crippen LogP contribution is 2.32. The van der Waals surface area contributed by atoms with Crippen molar-refractivity contribution >= 4 is 68.3 Å². The molecule has 2 aliphatic heterocycles. The number of hydrogen-bond acceptors (Lipinski definition) is 7. The Bertz CT molecular complexity index is 1150.